The van der Waals surface area contributed by atoms with Gasteiger partial charge in [0.05, 0.1) is 12.6 Å². The van der Waals surface area contributed by atoms with Gasteiger partial charge in [-0.2, -0.15) is 0 Å². The molecule has 1 aromatic rings. The van der Waals surface area contributed by atoms with Crippen molar-refractivity contribution in [3.05, 3.63) is 35.6 Å². The Morgan fingerprint density at radius 1 is 1.25 bits per heavy atom. The van der Waals surface area contributed by atoms with Gasteiger partial charge in [-0.1, -0.05) is 12.1 Å². The van der Waals surface area contributed by atoms with E-state index in [2.05, 4.69) is 10.2 Å². The van der Waals surface area contributed by atoms with Crippen molar-refractivity contribution in [1.82, 2.24) is 10.2 Å². The zero-order chi connectivity index (χ0) is 11.4. The lowest BCUT2D eigenvalue weighted by molar-refractivity contribution is 0.111. The number of halogens is 1. The summed E-state index contributed by atoms with van der Waals surface area (Å²) in [5.41, 5.74) is 0.978. The highest BCUT2D eigenvalue weighted by Gasteiger charge is 2.21. The zero-order valence-corrected chi connectivity index (χ0v) is 9.19. The Labute approximate surface area is 94.9 Å². The van der Waals surface area contributed by atoms with Crippen LogP contribution in [0, 0.1) is 5.82 Å². The van der Waals surface area contributed by atoms with Crippen molar-refractivity contribution in [3.63, 3.8) is 0 Å². The Morgan fingerprint density at radius 3 is 2.44 bits per heavy atom. The van der Waals surface area contributed by atoms with Gasteiger partial charge < -0.3 is 10.4 Å². The third kappa shape index (κ3) is 2.58. The monoisotopic (exact) mass is 224 g/mol. The maximum absolute atomic E-state index is 12.8. The Bertz CT molecular complexity index is 322. The van der Waals surface area contributed by atoms with E-state index in [0.717, 1.165) is 31.7 Å². The fourth-order valence-electron chi connectivity index (χ4n) is 2.11. The van der Waals surface area contributed by atoms with Crippen LogP contribution in [0.2, 0.25) is 0 Å². The molecule has 0 amide bonds. The molecule has 2 N–H and O–H groups in total. The minimum Gasteiger partial charge on any atom is -0.394 e. The Kier molecular flexibility index (Phi) is 3.88. The summed E-state index contributed by atoms with van der Waals surface area (Å²) in [7, 11) is 0. The molecule has 16 heavy (non-hydrogen) atoms. The van der Waals surface area contributed by atoms with Crippen molar-refractivity contribution in [2.75, 3.05) is 32.8 Å². The molecule has 1 aromatic carbocycles. The molecule has 1 aliphatic heterocycles. The van der Waals surface area contributed by atoms with Crippen LogP contribution in [0.3, 0.4) is 0 Å². The Morgan fingerprint density at radius 2 is 1.88 bits per heavy atom. The lowest BCUT2D eigenvalue weighted by Crippen LogP contribution is -2.46. The van der Waals surface area contributed by atoms with Crippen LogP contribution >= 0.6 is 0 Å². The molecule has 1 saturated heterocycles. The van der Waals surface area contributed by atoms with E-state index in [-0.39, 0.29) is 18.5 Å². The summed E-state index contributed by atoms with van der Waals surface area (Å²) in [6.45, 7) is 3.80. The minimum absolute atomic E-state index is 0.0114. The van der Waals surface area contributed by atoms with E-state index in [1.54, 1.807) is 12.1 Å². The molecule has 0 unspecified atom stereocenters. The van der Waals surface area contributed by atoms with Crippen LogP contribution in [0.5, 0.6) is 0 Å². The van der Waals surface area contributed by atoms with Crippen LogP contribution in [0.25, 0.3) is 0 Å². The smallest absolute Gasteiger partial charge is 0.123 e. The van der Waals surface area contributed by atoms with E-state index < -0.39 is 0 Å². The first-order valence-electron chi connectivity index (χ1n) is 5.62. The summed E-state index contributed by atoms with van der Waals surface area (Å²) in [5.74, 6) is -0.235. The van der Waals surface area contributed by atoms with E-state index in [0.29, 0.717) is 0 Å². The van der Waals surface area contributed by atoms with Crippen molar-refractivity contribution < 1.29 is 9.50 Å². The predicted molar refractivity (Wildman–Crippen MR) is 60.7 cm³/mol. The first-order valence-corrected chi connectivity index (χ1v) is 5.62. The number of hydrogen-bond donors (Lipinski definition) is 2. The van der Waals surface area contributed by atoms with Gasteiger partial charge in [-0.15, -0.1) is 0 Å². The fraction of sp³-hybridized carbons (Fsp3) is 0.500. The summed E-state index contributed by atoms with van der Waals surface area (Å²) in [5, 5.41) is 12.7. The van der Waals surface area contributed by atoms with Gasteiger partial charge in [-0.25, -0.2) is 4.39 Å². The molecule has 0 radical (unpaired) electrons. The lowest BCUT2D eigenvalue weighted by Gasteiger charge is -2.34. The van der Waals surface area contributed by atoms with Crippen molar-refractivity contribution in [1.29, 1.82) is 0 Å². The van der Waals surface area contributed by atoms with Gasteiger partial charge in [0.15, 0.2) is 0 Å². The average molecular weight is 224 g/mol. The highest BCUT2D eigenvalue weighted by Crippen LogP contribution is 2.20. The largest absolute Gasteiger partial charge is 0.394 e. The molecule has 1 atom stereocenters. The van der Waals surface area contributed by atoms with Crippen molar-refractivity contribution in [2.24, 2.45) is 0 Å². The molecule has 1 heterocycles. The second-order valence-electron chi connectivity index (χ2n) is 4.04. The molecule has 2 rings (SSSR count). The third-order valence-electron chi connectivity index (χ3n) is 3.02. The van der Waals surface area contributed by atoms with Crippen LogP contribution in [0.4, 0.5) is 4.39 Å². The molecule has 4 heteroatoms. The van der Waals surface area contributed by atoms with E-state index in [1.165, 1.54) is 12.1 Å². The molecule has 3 nitrogen and oxygen atoms in total. The second-order valence-corrected chi connectivity index (χ2v) is 4.04. The topological polar surface area (TPSA) is 35.5 Å². The van der Waals surface area contributed by atoms with E-state index >= 15 is 0 Å². The van der Waals surface area contributed by atoms with Gasteiger partial charge in [0.25, 0.3) is 0 Å². The summed E-state index contributed by atoms with van der Waals surface area (Å²) in [6.07, 6.45) is 0. The number of piperazine rings is 1. The number of nitrogens with one attached hydrogen (secondary N) is 1. The minimum atomic E-state index is -0.235. The number of nitrogens with zero attached hydrogens (tertiary/aromatic N) is 1. The number of aliphatic hydroxyl groups excluding tert-OH is 1. The molecule has 0 spiro atoms. The molecule has 1 fully saturated rings. The van der Waals surface area contributed by atoms with Crippen LogP contribution < -0.4 is 5.32 Å². The molecular weight excluding hydrogens is 207 g/mol. The number of hydrogen-bond acceptors (Lipinski definition) is 3. The standard InChI is InChI=1S/C12H17FN2O/c13-11-3-1-10(2-4-11)12(9-16)15-7-5-14-6-8-15/h1-4,12,14,16H,5-9H2/t12-/m1/s1. The van der Waals surface area contributed by atoms with Crippen LogP contribution in [-0.2, 0) is 0 Å². The summed E-state index contributed by atoms with van der Waals surface area (Å²) in [4.78, 5) is 2.23. The summed E-state index contributed by atoms with van der Waals surface area (Å²) >= 11 is 0. The summed E-state index contributed by atoms with van der Waals surface area (Å²) < 4.78 is 12.8. The van der Waals surface area contributed by atoms with Crippen LogP contribution in [0.15, 0.2) is 24.3 Å². The van der Waals surface area contributed by atoms with Gasteiger partial charge in [0, 0.05) is 26.2 Å². The van der Waals surface area contributed by atoms with Gasteiger partial charge in [0.1, 0.15) is 5.82 Å². The first-order chi connectivity index (χ1) is 7.81. The molecule has 88 valence electrons. The molecule has 0 aromatic heterocycles. The predicted octanol–water partition coefficient (Wildman–Crippen LogP) is 0.764. The lowest BCUT2D eigenvalue weighted by atomic mass is 10.1. The van der Waals surface area contributed by atoms with Crippen LogP contribution in [0.1, 0.15) is 11.6 Å². The fourth-order valence-corrected chi connectivity index (χ4v) is 2.11. The second kappa shape index (κ2) is 5.39. The highest BCUT2D eigenvalue weighted by molar-refractivity contribution is 5.20. The van der Waals surface area contributed by atoms with Gasteiger partial charge in [-0.05, 0) is 17.7 Å². The van der Waals surface area contributed by atoms with Crippen molar-refractivity contribution in [2.45, 2.75) is 6.04 Å². The van der Waals surface area contributed by atoms with E-state index in [4.69, 9.17) is 0 Å². The van der Waals surface area contributed by atoms with Crippen molar-refractivity contribution >= 4 is 0 Å². The van der Waals surface area contributed by atoms with Crippen molar-refractivity contribution in [3.8, 4) is 0 Å². The average Bonchev–Trinajstić information content (AvgIpc) is 2.34. The molecule has 0 saturated carbocycles. The SMILES string of the molecule is OC[C@H](c1ccc(F)cc1)N1CCNCC1. The summed E-state index contributed by atoms with van der Waals surface area (Å²) in [6, 6.07) is 6.37. The molecular formula is C12H17FN2O. The number of aliphatic hydroxyl groups is 1. The molecule has 0 bridgehead atoms. The maximum Gasteiger partial charge on any atom is 0.123 e. The quantitative estimate of drug-likeness (QED) is 0.796. The van der Waals surface area contributed by atoms with E-state index in [1.807, 2.05) is 0 Å². The Balaban J connectivity index is 2.11. The van der Waals surface area contributed by atoms with Crippen LogP contribution in [-0.4, -0.2) is 42.8 Å². The highest BCUT2D eigenvalue weighted by atomic mass is 19.1. The first kappa shape index (κ1) is 11.5. The number of rotatable bonds is 3. The zero-order valence-electron chi connectivity index (χ0n) is 9.19. The maximum atomic E-state index is 12.8. The molecule has 1 aliphatic rings. The van der Waals surface area contributed by atoms with Gasteiger partial charge >= 0.3 is 0 Å². The third-order valence-corrected chi connectivity index (χ3v) is 3.02. The van der Waals surface area contributed by atoms with Gasteiger partial charge in [0.2, 0.25) is 0 Å². The number of benzene rings is 1. The molecule has 0 aliphatic carbocycles. The normalized spacial score (nSPS) is 19.6. The Hall–Kier alpha value is -0.970. The van der Waals surface area contributed by atoms with E-state index in [9.17, 15) is 9.50 Å². The van der Waals surface area contributed by atoms with Gasteiger partial charge in [-0.3, -0.25) is 4.90 Å².